The Morgan fingerprint density at radius 3 is 2.59 bits per heavy atom. The lowest BCUT2D eigenvalue weighted by molar-refractivity contribution is -0.115. The number of ether oxygens (including phenoxy) is 1. The summed E-state index contributed by atoms with van der Waals surface area (Å²) >= 11 is 17.9. The molecule has 5 nitrogen and oxygen atoms in total. The van der Waals surface area contributed by atoms with E-state index in [0.29, 0.717) is 38.0 Å². The van der Waals surface area contributed by atoms with Gasteiger partial charge in [0.15, 0.2) is 5.17 Å². The summed E-state index contributed by atoms with van der Waals surface area (Å²) in [6, 6.07) is 18.6. The second-order valence-electron chi connectivity index (χ2n) is 6.93. The molecule has 4 rings (SSSR count). The van der Waals surface area contributed by atoms with Crippen LogP contribution in [0, 0.1) is 18.5 Å². The van der Waals surface area contributed by atoms with E-state index >= 15 is 0 Å². The van der Waals surface area contributed by atoms with Gasteiger partial charge in [0.05, 0.1) is 39.4 Å². The van der Waals surface area contributed by atoms with E-state index < -0.39 is 0 Å². The highest BCUT2D eigenvalue weighted by Gasteiger charge is 2.24. The summed E-state index contributed by atoms with van der Waals surface area (Å²) in [7, 11) is 0. The fourth-order valence-electron chi connectivity index (χ4n) is 3.03. The number of nitrogens with one attached hydrogen (secondary N) is 1. The van der Waals surface area contributed by atoms with Crippen molar-refractivity contribution in [2.75, 3.05) is 0 Å². The van der Waals surface area contributed by atoms with Crippen LogP contribution in [0.2, 0.25) is 10.0 Å². The molecule has 0 atom stereocenters. The van der Waals surface area contributed by atoms with E-state index in [4.69, 9.17) is 27.9 Å². The first-order valence-electron chi connectivity index (χ1n) is 9.69. The average molecular weight is 732 g/mol. The minimum atomic E-state index is -0.236. The van der Waals surface area contributed by atoms with E-state index in [1.165, 1.54) is 11.8 Å². The lowest BCUT2D eigenvalue weighted by atomic mass is 10.1. The molecule has 1 N–H and O–H groups in total. The van der Waals surface area contributed by atoms with Crippen molar-refractivity contribution in [2.24, 2.45) is 4.99 Å². The molecular weight excluding hydrogens is 719 g/mol. The van der Waals surface area contributed by atoms with Gasteiger partial charge in [-0.1, -0.05) is 47.5 Å². The Morgan fingerprint density at radius 2 is 1.85 bits per heavy atom. The summed E-state index contributed by atoms with van der Waals surface area (Å²) in [4.78, 5) is 17.4. The third-order valence-electron chi connectivity index (χ3n) is 4.63. The van der Waals surface area contributed by atoms with Gasteiger partial charge >= 0.3 is 0 Å². The molecule has 0 bridgehead atoms. The number of nitrogens with zero attached hydrogens (tertiary/aromatic N) is 2. The number of aliphatic imine (C=N–C) groups is 1. The van der Waals surface area contributed by atoms with Crippen LogP contribution < -0.4 is 10.1 Å². The van der Waals surface area contributed by atoms with Crippen LogP contribution in [0.15, 0.2) is 64.5 Å². The fraction of sp³-hybridized carbons (Fsp3) is 0.0417. The van der Waals surface area contributed by atoms with Crippen LogP contribution in [0.5, 0.6) is 5.75 Å². The van der Waals surface area contributed by atoms with Crippen LogP contribution in [-0.2, 0) is 11.4 Å². The SMILES string of the molecule is N#Cc1ccccc1COc1c(I)cc(/C=C2/SC(=Nc3cccc(Cl)c3Cl)NC2=O)cc1I. The standard InChI is InChI=1S/C24H13Cl2I2N3O2S/c25-16-6-3-7-19(21(16)26)30-24-31-23(32)20(34-24)10-13-8-17(27)22(18(28)9-13)33-12-15-5-2-1-4-14(15)11-29/h1-10H,12H2,(H,30,31,32)/b20-10+. The molecule has 0 saturated carbocycles. The molecule has 0 aromatic heterocycles. The topological polar surface area (TPSA) is 74.5 Å². The summed E-state index contributed by atoms with van der Waals surface area (Å²) in [6.07, 6.45) is 1.81. The van der Waals surface area contributed by atoms with Gasteiger partial charge in [-0.25, -0.2) is 4.99 Å². The highest BCUT2D eigenvalue weighted by atomic mass is 127. The first-order valence-corrected chi connectivity index (χ1v) is 13.4. The van der Waals surface area contributed by atoms with Gasteiger partial charge in [-0.3, -0.25) is 4.79 Å². The maximum absolute atomic E-state index is 12.5. The zero-order chi connectivity index (χ0) is 24.2. The molecule has 1 fully saturated rings. The van der Waals surface area contributed by atoms with Crippen LogP contribution in [-0.4, -0.2) is 11.1 Å². The largest absolute Gasteiger partial charge is 0.487 e. The molecular formula is C24H13Cl2I2N3O2S. The zero-order valence-corrected chi connectivity index (χ0v) is 23.8. The fourth-order valence-corrected chi connectivity index (χ4v) is 6.33. The highest BCUT2D eigenvalue weighted by Crippen LogP contribution is 2.36. The molecule has 1 amide bonds. The summed E-state index contributed by atoms with van der Waals surface area (Å²) in [6.45, 7) is 0.292. The summed E-state index contributed by atoms with van der Waals surface area (Å²) in [5, 5.41) is 13.2. The van der Waals surface area contributed by atoms with Crippen LogP contribution in [0.1, 0.15) is 16.7 Å². The molecule has 3 aromatic carbocycles. The van der Waals surface area contributed by atoms with Gasteiger partial charge in [0.1, 0.15) is 12.4 Å². The monoisotopic (exact) mass is 731 g/mol. The van der Waals surface area contributed by atoms with E-state index in [-0.39, 0.29) is 5.91 Å². The van der Waals surface area contributed by atoms with Crippen LogP contribution in [0.4, 0.5) is 5.69 Å². The molecule has 0 unspecified atom stereocenters. The van der Waals surface area contributed by atoms with E-state index in [0.717, 1.165) is 24.0 Å². The Morgan fingerprint density at radius 1 is 1.12 bits per heavy atom. The lowest BCUT2D eigenvalue weighted by Crippen LogP contribution is -2.19. The summed E-state index contributed by atoms with van der Waals surface area (Å²) in [5.74, 6) is 0.498. The minimum Gasteiger partial charge on any atom is -0.487 e. The van der Waals surface area contributed by atoms with Gasteiger partial charge in [0, 0.05) is 5.56 Å². The molecule has 1 aliphatic heterocycles. The Bertz CT molecular complexity index is 1380. The quantitative estimate of drug-likeness (QED) is 0.218. The van der Waals surface area contributed by atoms with E-state index in [2.05, 4.69) is 61.6 Å². The smallest absolute Gasteiger partial charge is 0.264 e. The predicted octanol–water partition coefficient (Wildman–Crippen LogP) is 7.54. The zero-order valence-electron chi connectivity index (χ0n) is 17.1. The van der Waals surface area contributed by atoms with Gasteiger partial charge in [-0.2, -0.15) is 5.26 Å². The Labute approximate surface area is 237 Å². The third kappa shape index (κ3) is 5.88. The van der Waals surface area contributed by atoms with Gasteiger partial charge in [-0.15, -0.1) is 0 Å². The molecule has 170 valence electrons. The van der Waals surface area contributed by atoms with Crippen molar-refractivity contribution in [1.29, 1.82) is 5.26 Å². The molecule has 3 aromatic rings. The van der Waals surface area contributed by atoms with Crippen molar-refractivity contribution >= 4 is 103 Å². The van der Waals surface area contributed by atoms with Gasteiger partial charge < -0.3 is 10.1 Å². The number of hydrogen-bond acceptors (Lipinski definition) is 5. The van der Waals surface area contributed by atoms with Crippen LogP contribution in [0.3, 0.4) is 0 Å². The third-order valence-corrected chi connectivity index (χ3v) is 7.95. The number of rotatable bonds is 5. The van der Waals surface area contributed by atoms with Crippen LogP contribution >= 0.6 is 80.1 Å². The van der Waals surface area contributed by atoms with E-state index in [9.17, 15) is 10.1 Å². The number of carbonyl (C=O) groups is 1. The maximum Gasteiger partial charge on any atom is 0.264 e. The minimum absolute atomic E-state index is 0.236. The molecule has 0 radical (unpaired) electrons. The Kier molecular flexibility index (Phi) is 8.42. The van der Waals surface area contributed by atoms with Gasteiger partial charge in [-0.05, 0) is 98.9 Å². The molecule has 34 heavy (non-hydrogen) atoms. The van der Waals surface area contributed by atoms with E-state index in [1.54, 1.807) is 30.3 Å². The maximum atomic E-state index is 12.5. The van der Waals surface area contributed by atoms with Gasteiger partial charge in [0.2, 0.25) is 0 Å². The lowest BCUT2D eigenvalue weighted by Gasteiger charge is -2.12. The highest BCUT2D eigenvalue weighted by molar-refractivity contribution is 14.1. The average Bonchev–Trinajstić information content (AvgIpc) is 3.15. The number of amides is 1. The van der Waals surface area contributed by atoms with Crippen molar-refractivity contribution in [1.82, 2.24) is 5.32 Å². The first-order chi connectivity index (χ1) is 16.4. The molecule has 1 heterocycles. The summed E-state index contributed by atoms with van der Waals surface area (Å²) < 4.78 is 7.83. The van der Waals surface area contributed by atoms with Gasteiger partial charge in [0.25, 0.3) is 5.91 Å². The first kappa shape index (κ1) is 25.3. The number of hydrogen-bond donors (Lipinski definition) is 1. The van der Waals surface area contributed by atoms with Crippen molar-refractivity contribution in [3.63, 3.8) is 0 Å². The number of nitriles is 1. The number of halogens is 4. The second-order valence-corrected chi connectivity index (χ2v) is 11.1. The predicted molar refractivity (Wildman–Crippen MR) is 155 cm³/mol. The van der Waals surface area contributed by atoms with Crippen molar-refractivity contribution < 1.29 is 9.53 Å². The van der Waals surface area contributed by atoms with Crippen molar-refractivity contribution in [3.8, 4) is 11.8 Å². The molecule has 0 spiro atoms. The van der Waals surface area contributed by atoms with Crippen molar-refractivity contribution in [2.45, 2.75) is 6.61 Å². The van der Waals surface area contributed by atoms with Crippen molar-refractivity contribution in [3.05, 3.63) is 93.4 Å². The molecule has 0 aliphatic carbocycles. The summed E-state index contributed by atoms with van der Waals surface area (Å²) in [5.41, 5.74) is 2.77. The molecule has 1 saturated heterocycles. The Hall–Kier alpha value is -1.78. The number of amidine groups is 1. The molecule has 1 aliphatic rings. The second kappa shape index (κ2) is 11.3. The normalized spacial score (nSPS) is 15.4. The number of benzene rings is 3. The number of carbonyl (C=O) groups excluding carboxylic acids is 1. The molecule has 10 heteroatoms. The Balaban J connectivity index is 1.53. The van der Waals surface area contributed by atoms with Crippen LogP contribution in [0.25, 0.3) is 6.08 Å². The number of thioether (sulfide) groups is 1. The van der Waals surface area contributed by atoms with E-state index in [1.807, 2.05) is 30.3 Å².